The van der Waals surface area contributed by atoms with Gasteiger partial charge in [-0.05, 0) is 18.9 Å². The van der Waals surface area contributed by atoms with E-state index in [0.29, 0.717) is 0 Å². The minimum atomic E-state index is -0.251. The Morgan fingerprint density at radius 1 is 1.64 bits per heavy atom. The number of hydrogen-bond donors (Lipinski definition) is 2. The molecule has 2 N–H and O–H groups in total. The Labute approximate surface area is 67.6 Å². The van der Waals surface area contributed by atoms with Crippen LogP contribution in [0.5, 0.6) is 0 Å². The smallest absolute Gasteiger partial charge is 0.0757 e. The summed E-state index contributed by atoms with van der Waals surface area (Å²) in [6.45, 7) is 4.21. The minimum absolute atomic E-state index is 0.136. The van der Waals surface area contributed by atoms with E-state index in [1.165, 1.54) is 5.57 Å². The van der Waals surface area contributed by atoms with Crippen LogP contribution in [0.15, 0.2) is 23.9 Å². The van der Waals surface area contributed by atoms with E-state index in [0.717, 1.165) is 6.42 Å². The van der Waals surface area contributed by atoms with Gasteiger partial charge in [-0.3, -0.25) is 0 Å². The monoisotopic (exact) mass is 153 g/mol. The lowest BCUT2D eigenvalue weighted by molar-refractivity contribution is 0.219. The van der Waals surface area contributed by atoms with Crippen LogP contribution in [0.1, 0.15) is 20.3 Å². The Morgan fingerprint density at radius 2 is 2.36 bits per heavy atom. The molecule has 0 aromatic carbocycles. The van der Waals surface area contributed by atoms with Crippen molar-refractivity contribution in [2.24, 2.45) is 0 Å². The zero-order chi connectivity index (χ0) is 8.32. The van der Waals surface area contributed by atoms with Gasteiger partial charge in [0, 0.05) is 6.20 Å². The van der Waals surface area contributed by atoms with Gasteiger partial charge in [-0.1, -0.05) is 19.1 Å². The van der Waals surface area contributed by atoms with Crippen molar-refractivity contribution in [3.8, 4) is 0 Å². The third-order valence-corrected chi connectivity index (χ3v) is 1.99. The molecule has 1 unspecified atom stereocenters. The summed E-state index contributed by atoms with van der Waals surface area (Å²) in [5.41, 5.74) is 1.02. The summed E-state index contributed by atoms with van der Waals surface area (Å²) in [7, 11) is 0. The number of rotatable bonds is 2. The lowest BCUT2D eigenvalue weighted by Crippen LogP contribution is -2.42. The number of dihydropyridines is 1. The van der Waals surface area contributed by atoms with Gasteiger partial charge in [0.05, 0.1) is 12.1 Å². The Kier molecular flexibility index (Phi) is 2.35. The molecule has 1 rings (SSSR count). The molecule has 2 nitrogen and oxygen atoms in total. The van der Waals surface area contributed by atoms with Gasteiger partial charge >= 0.3 is 0 Å². The van der Waals surface area contributed by atoms with Gasteiger partial charge in [0.15, 0.2) is 0 Å². The van der Waals surface area contributed by atoms with E-state index >= 15 is 0 Å². The van der Waals surface area contributed by atoms with E-state index in [4.69, 9.17) is 5.11 Å². The zero-order valence-corrected chi connectivity index (χ0v) is 7.09. The van der Waals surface area contributed by atoms with Crippen molar-refractivity contribution in [2.75, 3.05) is 6.61 Å². The molecule has 0 amide bonds. The fourth-order valence-corrected chi connectivity index (χ4v) is 0.963. The first-order valence-corrected chi connectivity index (χ1v) is 3.97. The topological polar surface area (TPSA) is 32.3 Å². The maximum atomic E-state index is 8.97. The highest BCUT2D eigenvalue weighted by molar-refractivity contribution is 5.27. The molecule has 0 radical (unpaired) electrons. The molecule has 11 heavy (non-hydrogen) atoms. The average molecular weight is 153 g/mol. The van der Waals surface area contributed by atoms with Crippen LogP contribution in [0, 0.1) is 0 Å². The normalized spacial score (nSPS) is 29.5. The standard InChI is InChI=1S/C9H15NO/c1-3-8-4-5-9(2,7-11)10-6-8/h4-6,10-11H,3,7H2,1-2H3. The molecule has 62 valence electrons. The van der Waals surface area contributed by atoms with Gasteiger partial charge in [0.1, 0.15) is 0 Å². The average Bonchev–Trinajstić information content (AvgIpc) is 2.06. The lowest BCUT2D eigenvalue weighted by atomic mass is 9.98. The second-order valence-corrected chi connectivity index (χ2v) is 3.13. The molecule has 1 heterocycles. The number of hydrogen-bond acceptors (Lipinski definition) is 2. The summed E-state index contributed by atoms with van der Waals surface area (Å²) in [6.07, 6.45) is 7.07. The van der Waals surface area contributed by atoms with Crippen molar-refractivity contribution in [2.45, 2.75) is 25.8 Å². The SMILES string of the molecule is CCC1=CNC(C)(CO)C=C1. The van der Waals surface area contributed by atoms with E-state index in [1.807, 2.05) is 19.2 Å². The van der Waals surface area contributed by atoms with Crippen molar-refractivity contribution in [3.63, 3.8) is 0 Å². The third kappa shape index (κ3) is 1.84. The Bertz CT molecular complexity index is 196. The molecule has 0 saturated heterocycles. The second kappa shape index (κ2) is 3.09. The molecule has 1 aliphatic heterocycles. The highest BCUT2D eigenvalue weighted by Gasteiger charge is 2.19. The molecule has 0 aromatic rings. The summed E-state index contributed by atoms with van der Waals surface area (Å²) in [6, 6.07) is 0. The van der Waals surface area contributed by atoms with Gasteiger partial charge in [-0.2, -0.15) is 0 Å². The van der Waals surface area contributed by atoms with Crippen molar-refractivity contribution < 1.29 is 5.11 Å². The van der Waals surface area contributed by atoms with E-state index in [1.54, 1.807) is 0 Å². The highest BCUT2D eigenvalue weighted by atomic mass is 16.3. The largest absolute Gasteiger partial charge is 0.394 e. The van der Waals surface area contributed by atoms with Crippen molar-refractivity contribution in [1.82, 2.24) is 5.32 Å². The van der Waals surface area contributed by atoms with E-state index in [-0.39, 0.29) is 12.1 Å². The molecule has 0 saturated carbocycles. The molecule has 0 fully saturated rings. The van der Waals surface area contributed by atoms with Crippen molar-refractivity contribution >= 4 is 0 Å². The van der Waals surface area contributed by atoms with E-state index in [9.17, 15) is 0 Å². The van der Waals surface area contributed by atoms with Crippen LogP contribution in [0.3, 0.4) is 0 Å². The zero-order valence-electron chi connectivity index (χ0n) is 7.09. The summed E-state index contributed by atoms with van der Waals surface area (Å²) < 4.78 is 0. The number of aliphatic hydroxyl groups is 1. The molecule has 0 spiro atoms. The van der Waals surface area contributed by atoms with Crippen molar-refractivity contribution in [1.29, 1.82) is 0 Å². The quantitative estimate of drug-likeness (QED) is 0.624. The minimum Gasteiger partial charge on any atom is -0.394 e. The van der Waals surface area contributed by atoms with Gasteiger partial charge in [-0.15, -0.1) is 0 Å². The molecule has 0 bridgehead atoms. The van der Waals surface area contributed by atoms with Crippen LogP contribution in [0.4, 0.5) is 0 Å². The molecule has 2 heteroatoms. The summed E-state index contributed by atoms with van der Waals surface area (Å²) in [4.78, 5) is 0. The molecule has 0 aliphatic carbocycles. The van der Waals surface area contributed by atoms with Gasteiger partial charge < -0.3 is 10.4 Å². The van der Waals surface area contributed by atoms with Gasteiger partial charge in [0.2, 0.25) is 0 Å². The molecule has 0 aromatic heterocycles. The van der Waals surface area contributed by atoms with Crippen LogP contribution in [-0.4, -0.2) is 17.3 Å². The summed E-state index contributed by atoms with van der Waals surface area (Å²) in [5, 5.41) is 12.1. The van der Waals surface area contributed by atoms with Crippen LogP contribution < -0.4 is 5.32 Å². The van der Waals surface area contributed by atoms with Gasteiger partial charge in [-0.25, -0.2) is 0 Å². The van der Waals surface area contributed by atoms with Crippen LogP contribution in [-0.2, 0) is 0 Å². The predicted molar refractivity (Wildman–Crippen MR) is 46.1 cm³/mol. The predicted octanol–water partition coefficient (Wildman–Crippen LogP) is 1.19. The van der Waals surface area contributed by atoms with Crippen molar-refractivity contribution in [3.05, 3.63) is 23.9 Å². The Hall–Kier alpha value is -0.760. The lowest BCUT2D eigenvalue weighted by Gasteiger charge is -2.27. The van der Waals surface area contributed by atoms with Crippen LogP contribution in [0.2, 0.25) is 0 Å². The second-order valence-electron chi connectivity index (χ2n) is 3.13. The highest BCUT2D eigenvalue weighted by Crippen LogP contribution is 2.14. The number of aliphatic hydroxyl groups excluding tert-OH is 1. The molecule has 1 aliphatic rings. The fourth-order valence-electron chi connectivity index (χ4n) is 0.963. The summed E-state index contributed by atoms with van der Waals surface area (Å²) in [5.74, 6) is 0. The number of allylic oxidation sites excluding steroid dienone is 2. The van der Waals surface area contributed by atoms with Crippen LogP contribution in [0.25, 0.3) is 0 Å². The molecular formula is C9H15NO. The third-order valence-electron chi connectivity index (χ3n) is 1.99. The maximum Gasteiger partial charge on any atom is 0.0757 e. The Morgan fingerprint density at radius 3 is 2.73 bits per heavy atom. The summed E-state index contributed by atoms with van der Waals surface area (Å²) >= 11 is 0. The van der Waals surface area contributed by atoms with Crippen LogP contribution >= 0.6 is 0 Å². The molecular weight excluding hydrogens is 138 g/mol. The fraction of sp³-hybridized carbons (Fsp3) is 0.556. The Balaban J connectivity index is 2.63. The maximum absolute atomic E-state index is 8.97. The first-order chi connectivity index (χ1) is 5.20. The molecule has 1 atom stereocenters. The van der Waals surface area contributed by atoms with E-state index < -0.39 is 0 Å². The van der Waals surface area contributed by atoms with E-state index in [2.05, 4.69) is 18.3 Å². The first-order valence-electron chi connectivity index (χ1n) is 3.97. The number of nitrogens with one attached hydrogen (secondary N) is 1. The first kappa shape index (κ1) is 8.34. The van der Waals surface area contributed by atoms with Gasteiger partial charge in [0.25, 0.3) is 0 Å².